The number of rotatable bonds is 7. The van der Waals surface area contributed by atoms with Crippen molar-refractivity contribution < 1.29 is 5.11 Å². The van der Waals surface area contributed by atoms with E-state index >= 15 is 0 Å². The SMILES string of the molecule is CCCCc1ccc(O)c(-c2ccccc2)c1CCCC.[Na]. The molecule has 22 heavy (non-hydrogen) atoms. The monoisotopic (exact) mass is 305 g/mol. The Morgan fingerprint density at radius 3 is 2.09 bits per heavy atom. The van der Waals surface area contributed by atoms with Gasteiger partial charge < -0.3 is 5.11 Å². The summed E-state index contributed by atoms with van der Waals surface area (Å²) in [5, 5.41) is 10.4. The topological polar surface area (TPSA) is 20.2 Å². The fraction of sp³-hybridized carbons (Fsp3) is 0.400. The van der Waals surface area contributed by atoms with Gasteiger partial charge in [-0.1, -0.05) is 63.1 Å². The predicted octanol–water partition coefficient (Wildman–Crippen LogP) is 5.36. The predicted molar refractivity (Wildman–Crippen MR) is 96.5 cm³/mol. The van der Waals surface area contributed by atoms with Gasteiger partial charge in [-0.25, -0.2) is 0 Å². The third kappa shape index (κ3) is 4.87. The van der Waals surface area contributed by atoms with E-state index < -0.39 is 0 Å². The van der Waals surface area contributed by atoms with E-state index in [4.69, 9.17) is 0 Å². The molecule has 0 saturated carbocycles. The Hall–Kier alpha value is -0.760. The van der Waals surface area contributed by atoms with E-state index in [1.165, 1.54) is 36.8 Å². The van der Waals surface area contributed by atoms with Crippen LogP contribution in [0.4, 0.5) is 0 Å². The minimum Gasteiger partial charge on any atom is -0.507 e. The van der Waals surface area contributed by atoms with Crippen molar-refractivity contribution in [2.75, 3.05) is 0 Å². The van der Waals surface area contributed by atoms with Crippen molar-refractivity contribution in [3.63, 3.8) is 0 Å². The van der Waals surface area contributed by atoms with Crippen LogP contribution in [0.3, 0.4) is 0 Å². The van der Waals surface area contributed by atoms with E-state index in [9.17, 15) is 5.11 Å². The van der Waals surface area contributed by atoms with Crippen molar-refractivity contribution in [1.29, 1.82) is 0 Å². The second kappa shape index (κ2) is 10.1. The zero-order valence-electron chi connectivity index (χ0n) is 14.2. The molecule has 0 aliphatic heterocycles. The Balaban J connectivity index is 0.00000242. The summed E-state index contributed by atoms with van der Waals surface area (Å²) in [7, 11) is 0. The van der Waals surface area contributed by atoms with Crippen LogP contribution in [0.25, 0.3) is 11.1 Å². The molecule has 113 valence electrons. The number of phenolic OH excluding ortho intramolecular Hbond substituents is 1. The minimum atomic E-state index is 0. The van der Waals surface area contributed by atoms with Crippen molar-refractivity contribution in [3.8, 4) is 16.9 Å². The summed E-state index contributed by atoms with van der Waals surface area (Å²) in [6.45, 7) is 4.45. The van der Waals surface area contributed by atoms with Crippen LogP contribution in [0.5, 0.6) is 5.75 Å². The largest absolute Gasteiger partial charge is 0.507 e. The second-order valence-electron chi connectivity index (χ2n) is 5.67. The molecular weight excluding hydrogens is 279 g/mol. The standard InChI is InChI=1S/C20H26O.Na/c1-3-5-10-16-14-15-19(21)20(18(16)13-6-4-2)17-11-8-7-9-12-17;/h7-9,11-12,14-15,21H,3-6,10,13H2,1-2H3;. The van der Waals surface area contributed by atoms with Crippen molar-refractivity contribution in [2.24, 2.45) is 0 Å². The first-order valence-electron chi connectivity index (χ1n) is 8.17. The molecule has 2 aromatic carbocycles. The number of benzene rings is 2. The molecule has 0 aromatic heterocycles. The van der Waals surface area contributed by atoms with E-state index in [0.29, 0.717) is 5.75 Å². The molecule has 0 aliphatic rings. The van der Waals surface area contributed by atoms with Gasteiger partial charge in [0.2, 0.25) is 0 Å². The molecule has 1 N–H and O–H groups in total. The number of aryl methyl sites for hydroxylation is 1. The summed E-state index contributed by atoms with van der Waals surface area (Å²) in [5.41, 5.74) is 4.91. The molecule has 0 fully saturated rings. The van der Waals surface area contributed by atoms with Gasteiger partial charge >= 0.3 is 0 Å². The third-order valence-electron chi connectivity index (χ3n) is 4.03. The van der Waals surface area contributed by atoms with E-state index in [1.54, 1.807) is 0 Å². The van der Waals surface area contributed by atoms with Crippen LogP contribution in [-0.4, -0.2) is 34.7 Å². The summed E-state index contributed by atoms with van der Waals surface area (Å²) in [6.07, 6.45) is 6.91. The van der Waals surface area contributed by atoms with E-state index in [2.05, 4.69) is 32.0 Å². The van der Waals surface area contributed by atoms with Gasteiger partial charge in [0.15, 0.2) is 0 Å². The average Bonchev–Trinajstić information content (AvgIpc) is 2.52. The number of hydrogen-bond acceptors (Lipinski definition) is 1. The smallest absolute Gasteiger partial charge is 0.123 e. The summed E-state index contributed by atoms with van der Waals surface area (Å²) in [4.78, 5) is 0. The molecule has 0 unspecified atom stereocenters. The van der Waals surface area contributed by atoms with Gasteiger partial charge in [0.25, 0.3) is 0 Å². The van der Waals surface area contributed by atoms with Crippen LogP contribution in [0.15, 0.2) is 42.5 Å². The maximum atomic E-state index is 10.4. The van der Waals surface area contributed by atoms with Crippen molar-refractivity contribution in [1.82, 2.24) is 0 Å². The van der Waals surface area contributed by atoms with Crippen molar-refractivity contribution in [2.45, 2.75) is 52.4 Å². The van der Waals surface area contributed by atoms with Gasteiger partial charge in [0, 0.05) is 35.1 Å². The minimum absolute atomic E-state index is 0. The van der Waals surface area contributed by atoms with Gasteiger partial charge in [-0.3, -0.25) is 0 Å². The Kier molecular flexibility index (Phi) is 8.85. The van der Waals surface area contributed by atoms with E-state index in [-0.39, 0.29) is 29.6 Å². The summed E-state index contributed by atoms with van der Waals surface area (Å²) in [6, 6.07) is 14.3. The maximum absolute atomic E-state index is 10.4. The van der Waals surface area contributed by atoms with Crippen molar-refractivity contribution >= 4 is 29.6 Å². The van der Waals surface area contributed by atoms with Crippen LogP contribution < -0.4 is 0 Å². The van der Waals surface area contributed by atoms with Gasteiger partial charge in [-0.2, -0.15) is 0 Å². The van der Waals surface area contributed by atoms with E-state index in [0.717, 1.165) is 24.0 Å². The van der Waals surface area contributed by atoms with E-state index in [1.807, 2.05) is 24.3 Å². The molecule has 1 radical (unpaired) electrons. The second-order valence-corrected chi connectivity index (χ2v) is 5.67. The quantitative estimate of drug-likeness (QED) is 0.682. The molecular formula is C20H26NaO. The molecule has 0 aliphatic carbocycles. The zero-order chi connectivity index (χ0) is 15.1. The molecule has 2 aromatic rings. The molecule has 0 amide bonds. The third-order valence-corrected chi connectivity index (χ3v) is 4.03. The molecule has 0 saturated heterocycles. The number of phenols is 1. The fourth-order valence-electron chi connectivity index (χ4n) is 2.85. The number of unbranched alkanes of at least 4 members (excludes halogenated alkanes) is 2. The molecule has 0 atom stereocenters. The Morgan fingerprint density at radius 2 is 1.45 bits per heavy atom. The Bertz CT molecular complexity index is 563. The first-order valence-corrected chi connectivity index (χ1v) is 8.17. The Morgan fingerprint density at radius 1 is 0.818 bits per heavy atom. The van der Waals surface area contributed by atoms with Crippen LogP contribution in [0.2, 0.25) is 0 Å². The number of hydrogen-bond donors (Lipinski definition) is 1. The molecule has 2 rings (SSSR count). The molecule has 0 heterocycles. The van der Waals surface area contributed by atoms with Crippen LogP contribution in [0, 0.1) is 0 Å². The van der Waals surface area contributed by atoms with Gasteiger partial charge in [-0.15, -0.1) is 0 Å². The van der Waals surface area contributed by atoms with Crippen LogP contribution >= 0.6 is 0 Å². The molecule has 0 bridgehead atoms. The maximum Gasteiger partial charge on any atom is 0.123 e. The molecule has 0 spiro atoms. The van der Waals surface area contributed by atoms with Crippen molar-refractivity contribution in [3.05, 3.63) is 53.6 Å². The number of aromatic hydroxyl groups is 1. The van der Waals surface area contributed by atoms with Gasteiger partial charge in [-0.05, 0) is 48.4 Å². The molecule has 2 heteroatoms. The molecule has 1 nitrogen and oxygen atoms in total. The van der Waals surface area contributed by atoms with Gasteiger partial charge in [0.05, 0.1) is 0 Å². The summed E-state index contributed by atoms with van der Waals surface area (Å²) in [5.74, 6) is 0.410. The van der Waals surface area contributed by atoms with Crippen LogP contribution in [0.1, 0.15) is 50.7 Å². The first-order chi connectivity index (χ1) is 10.3. The first kappa shape index (κ1) is 19.3. The normalized spacial score (nSPS) is 10.3. The van der Waals surface area contributed by atoms with Crippen LogP contribution in [-0.2, 0) is 12.8 Å². The van der Waals surface area contributed by atoms with Gasteiger partial charge in [0.1, 0.15) is 5.75 Å². The Labute approximate surface area is 157 Å². The summed E-state index contributed by atoms with van der Waals surface area (Å²) >= 11 is 0. The fourth-order valence-corrected chi connectivity index (χ4v) is 2.85. The summed E-state index contributed by atoms with van der Waals surface area (Å²) < 4.78 is 0. The zero-order valence-corrected chi connectivity index (χ0v) is 16.2. The average molecular weight is 305 g/mol.